The van der Waals surface area contributed by atoms with Crippen LogP contribution >= 0.6 is 31.9 Å². The quantitative estimate of drug-likeness (QED) is 0.634. The van der Waals surface area contributed by atoms with Gasteiger partial charge in [0.25, 0.3) is 0 Å². The van der Waals surface area contributed by atoms with E-state index in [2.05, 4.69) is 41.8 Å². The predicted molar refractivity (Wildman–Crippen MR) is 42.8 cm³/mol. The minimum Gasteiger partial charge on any atom is -0.267 e. The van der Waals surface area contributed by atoms with Gasteiger partial charge in [0, 0.05) is 5.59 Å². The van der Waals surface area contributed by atoms with Gasteiger partial charge in [-0.3, -0.25) is 4.98 Å². The van der Waals surface area contributed by atoms with Gasteiger partial charge in [-0.2, -0.15) is 0 Å². The third kappa shape index (κ3) is 1.76. The summed E-state index contributed by atoms with van der Waals surface area (Å²) in [5.41, 5.74) is 0.401. The van der Waals surface area contributed by atoms with E-state index in [9.17, 15) is 0 Å². The lowest BCUT2D eigenvalue weighted by molar-refractivity contribution is 1.17. The number of nitrogens with zero attached hydrogens (tertiary/aromatic N) is 2. The maximum Gasteiger partial charge on any atom is 0.145 e. The molecule has 0 aromatic carbocycles. The molecule has 1 rings (SSSR count). The van der Waals surface area contributed by atoms with Crippen LogP contribution < -0.4 is 5.59 Å². The van der Waals surface area contributed by atoms with Crippen LogP contribution in [0.4, 0.5) is 0 Å². The van der Waals surface area contributed by atoms with Crippen LogP contribution in [0.2, 0.25) is 0 Å². The molecule has 1 aromatic rings. The predicted octanol–water partition coefficient (Wildman–Crippen LogP) is 0.795. The summed E-state index contributed by atoms with van der Waals surface area (Å²) >= 11 is 6.25. The normalized spacial score (nSPS) is 9.56. The molecule has 0 aliphatic rings. The largest absolute Gasteiger partial charge is 0.267 e. The van der Waals surface area contributed by atoms with Gasteiger partial charge in [-0.05, 0) is 31.9 Å². The van der Waals surface area contributed by atoms with Gasteiger partial charge >= 0.3 is 0 Å². The second-order valence-corrected chi connectivity index (χ2v) is 2.93. The summed E-state index contributed by atoms with van der Waals surface area (Å²) in [6.45, 7) is 0. The molecule has 0 bridgehead atoms. The van der Waals surface area contributed by atoms with Crippen molar-refractivity contribution in [1.29, 1.82) is 0 Å². The van der Waals surface area contributed by atoms with Crippen LogP contribution in [0.15, 0.2) is 15.4 Å². The van der Waals surface area contributed by atoms with Gasteiger partial charge in [0.05, 0.1) is 6.20 Å². The van der Waals surface area contributed by atoms with E-state index >= 15 is 0 Å². The second kappa shape index (κ2) is 2.79. The Morgan fingerprint density at radius 3 is 2.56 bits per heavy atom. The maximum absolute atomic E-state index is 5.35. The van der Waals surface area contributed by atoms with Crippen LogP contribution in [0.25, 0.3) is 0 Å². The summed E-state index contributed by atoms with van der Waals surface area (Å²) in [5, 5.41) is 0. The first-order chi connectivity index (χ1) is 4.20. The van der Waals surface area contributed by atoms with Crippen molar-refractivity contribution >= 4 is 45.3 Å². The molecule has 0 atom stereocenters. The summed E-state index contributed by atoms with van der Waals surface area (Å²) in [6.07, 6.45) is 1.54. The Morgan fingerprint density at radius 1 is 1.44 bits per heavy atom. The molecule has 44 valence electrons. The van der Waals surface area contributed by atoms with Crippen LogP contribution in [0.3, 0.4) is 0 Å². The number of hydrogen-bond acceptors (Lipinski definition) is 2. The molecule has 0 amide bonds. The van der Waals surface area contributed by atoms with Crippen LogP contribution in [-0.4, -0.2) is 17.8 Å². The molecule has 5 heteroatoms. The topological polar surface area (TPSA) is 25.8 Å². The number of aromatic nitrogens is 2. The summed E-state index contributed by atoms with van der Waals surface area (Å²) in [5.74, 6) is 0. The Labute approximate surface area is 70.8 Å². The Bertz CT molecular complexity index is 228. The standard InChI is InChI=1S/C4HBBr2N2/c5-3-4(7)9-2(6)1-8-3/h1H. The molecule has 1 aromatic heterocycles. The zero-order chi connectivity index (χ0) is 6.85. The van der Waals surface area contributed by atoms with E-state index in [0.29, 0.717) is 14.8 Å². The van der Waals surface area contributed by atoms with Crippen LogP contribution in [0, 0.1) is 0 Å². The first-order valence-electron chi connectivity index (χ1n) is 2.13. The van der Waals surface area contributed by atoms with Crippen LogP contribution in [0.5, 0.6) is 0 Å². The van der Waals surface area contributed by atoms with Crippen molar-refractivity contribution in [2.75, 3.05) is 0 Å². The lowest BCUT2D eigenvalue weighted by Crippen LogP contribution is -2.10. The second-order valence-electron chi connectivity index (χ2n) is 1.37. The number of hydrogen-bond donors (Lipinski definition) is 0. The zero-order valence-electron chi connectivity index (χ0n) is 4.31. The molecule has 9 heavy (non-hydrogen) atoms. The minimum atomic E-state index is 0.401. The Morgan fingerprint density at radius 2 is 2.11 bits per heavy atom. The first-order valence-corrected chi connectivity index (χ1v) is 3.72. The lowest BCUT2D eigenvalue weighted by atomic mass is 10.1. The van der Waals surface area contributed by atoms with Gasteiger partial charge in [0.2, 0.25) is 0 Å². The fraction of sp³-hybridized carbons (Fsp3) is 0. The van der Waals surface area contributed by atoms with Crippen molar-refractivity contribution in [3.63, 3.8) is 0 Å². The molecule has 0 saturated carbocycles. The van der Waals surface area contributed by atoms with E-state index in [1.54, 1.807) is 6.20 Å². The third-order valence-electron chi connectivity index (χ3n) is 0.726. The van der Waals surface area contributed by atoms with Crippen LogP contribution in [0.1, 0.15) is 0 Å². The molecular formula is C4HBBr2N2. The number of rotatable bonds is 0. The summed E-state index contributed by atoms with van der Waals surface area (Å²) < 4.78 is 1.24. The molecule has 0 unspecified atom stereocenters. The highest BCUT2D eigenvalue weighted by atomic mass is 79.9. The maximum atomic E-state index is 5.35. The van der Waals surface area contributed by atoms with E-state index in [1.807, 2.05) is 0 Å². The van der Waals surface area contributed by atoms with Gasteiger partial charge in [0.15, 0.2) is 0 Å². The fourth-order valence-electron chi connectivity index (χ4n) is 0.356. The molecule has 1 heterocycles. The van der Waals surface area contributed by atoms with E-state index in [0.717, 1.165) is 0 Å². The first kappa shape index (κ1) is 7.21. The van der Waals surface area contributed by atoms with Crippen molar-refractivity contribution in [2.45, 2.75) is 0 Å². The molecule has 0 spiro atoms. The highest BCUT2D eigenvalue weighted by Gasteiger charge is 1.94. The average molecular weight is 248 g/mol. The fourth-order valence-corrected chi connectivity index (χ4v) is 1.17. The van der Waals surface area contributed by atoms with Gasteiger partial charge in [0.1, 0.15) is 17.1 Å². The molecule has 0 N–H and O–H groups in total. The number of halogens is 2. The Hall–Kier alpha value is 0.105. The third-order valence-corrected chi connectivity index (χ3v) is 1.69. The van der Waals surface area contributed by atoms with Gasteiger partial charge in [-0.1, -0.05) is 0 Å². The highest BCUT2D eigenvalue weighted by molar-refractivity contribution is 9.11. The summed E-state index contributed by atoms with van der Waals surface area (Å²) in [7, 11) is 5.35. The average Bonchev–Trinajstić information content (AvgIpc) is 1.80. The van der Waals surface area contributed by atoms with Gasteiger partial charge < -0.3 is 0 Å². The smallest absolute Gasteiger partial charge is 0.145 e. The molecule has 0 aliphatic heterocycles. The Balaban J connectivity index is 3.17. The van der Waals surface area contributed by atoms with Crippen LogP contribution in [-0.2, 0) is 0 Å². The lowest BCUT2D eigenvalue weighted by Gasteiger charge is -1.94. The highest BCUT2D eigenvalue weighted by Crippen LogP contribution is 2.05. The van der Waals surface area contributed by atoms with Crippen molar-refractivity contribution in [3.05, 3.63) is 15.4 Å². The molecule has 0 fully saturated rings. The monoisotopic (exact) mass is 246 g/mol. The van der Waals surface area contributed by atoms with E-state index in [1.165, 1.54) is 0 Å². The van der Waals surface area contributed by atoms with Crippen molar-refractivity contribution in [2.24, 2.45) is 0 Å². The molecule has 2 radical (unpaired) electrons. The minimum absolute atomic E-state index is 0.401. The molecule has 0 saturated heterocycles. The van der Waals surface area contributed by atoms with E-state index in [-0.39, 0.29) is 0 Å². The molecular weight excluding hydrogens is 247 g/mol. The van der Waals surface area contributed by atoms with Gasteiger partial charge in [-0.25, -0.2) is 4.98 Å². The zero-order valence-corrected chi connectivity index (χ0v) is 7.48. The molecule has 2 nitrogen and oxygen atoms in total. The van der Waals surface area contributed by atoms with Gasteiger partial charge in [-0.15, -0.1) is 0 Å². The van der Waals surface area contributed by atoms with E-state index < -0.39 is 0 Å². The summed E-state index contributed by atoms with van der Waals surface area (Å²) in [4.78, 5) is 7.72. The van der Waals surface area contributed by atoms with Crippen molar-refractivity contribution in [3.8, 4) is 0 Å². The van der Waals surface area contributed by atoms with Crippen molar-refractivity contribution in [1.82, 2.24) is 9.97 Å². The van der Waals surface area contributed by atoms with Crippen molar-refractivity contribution < 1.29 is 0 Å². The SMILES string of the molecule is [B]c1ncc(Br)nc1Br. The molecule has 0 aliphatic carbocycles. The Kier molecular flexibility index (Phi) is 2.24. The van der Waals surface area contributed by atoms with E-state index in [4.69, 9.17) is 7.85 Å². The summed E-state index contributed by atoms with van der Waals surface area (Å²) in [6, 6.07) is 0.